The van der Waals surface area contributed by atoms with Gasteiger partial charge in [0.2, 0.25) is 0 Å². The number of hydrogen-bond donors (Lipinski definition) is 0. The van der Waals surface area contributed by atoms with Gasteiger partial charge < -0.3 is 0 Å². The molecule has 3 rings (SSSR count). The Morgan fingerprint density at radius 3 is 0.958 bits per heavy atom. The van der Waals surface area contributed by atoms with Crippen molar-refractivity contribution < 1.29 is 16.7 Å². The molecule has 0 radical (unpaired) electrons. The van der Waals surface area contributed by atoms with Crippen molar-refractivity contribution in [3.05, 3.63) is 70.8 Å². The smallest absolute Gasteiger partial charge is 0.0928 e. The largest absolute Gasteiger partial charge is 0.299 e. The number of hydrogen-bond acceptors (Lipinski definition) is 8. The van der Waals surface area contributed by atoms with E-state index < -0.39 is 0 Å². The first-order chi connectivity index (χ1) is 11.9. The fraction of sp³-hybridized carbons (Fsp3) is 0.250. The molecular weight excluding hydrogens is 384 g/mol. The molecular formula is C16H16O4S4. The first-order valence-corrected chi connectivity index (χ1v) is 11.2. The zero-order chi connectivity index (χ0) is 16.5. The molecule has 0 saturated carbocycles. The normalized spacial score (nSPS) is 17.7. The molecule has 0 aliphatic carbocycles. The zero-order valence-corrected chi connectivity index (χ0v) is 16.0. The minimum Gasteiger partial charge on any atom is -0.299 e. The van der Waals surface area contributed by atoms with Crippen LogP contribution in [-0.2, 0) is 43.2 Å². The van der Waals surface area contributed by atoms with Gasteiger partial charge in [-0.25, -0.2) is 0 Å². The van der Waals surface area contributed by atoms with Crippen LogP contribution in [0.15, 0.2) is 48.5 Å². The molecule has 1 aliphatic rings. The molecule has 0 atom stereocenters. The highest BCUT2D eigenvalue weighted by Crippen LogP contribution is 2.30. The highest BCUT2D eigenvalue weighted by atomic mass is 33.1. The maximum atomic E-state index is 5.61. The minimum absolute atomic E-state index is 0.505. The summed E-state index contributed by atoms with van der Waals surface area (Å²) in [6, 6.07) is 16.1. The topological polar surface area (TPSA) is 36.9 Å². The van der Waals surface area contributed by atoms with Gasteiger partial charge in [0.1, 0.15) is 0 Å². The highest BCUT2D eigenvalue weighted by molar-refractivity contribution is 8.73. The van der Waals surface area contributed by atoms with E-state index in [1.54, 1.807) is 0 Å². The van der Waals surface area contributed by atoms with E-state index in [0.717, 1.165) is 22.3 Å². The van der Waals surface area contributed by atoms with Gasteiger partial charge in [-0.3, -0.25) is 16.7 Å². The van der Waals surface area contributed by atoms with Gasteiger partial charge in [-0.1, -0.05) is 48.5 Å². The summed E-state index contributed by atoms with van der Waals surface area (Å²) >= 11 is 4.96. The summed E-state index contributed by atoms with van der Waals surface area (Å²) < 4.78 is 22.4. The van der Waals surface area contributed by atoms with Crippen LogP contribution in [0.3, 0.4) is 0 Å². The van der Waals surface area contributed by atoms with Crippen molar-refractivity contribution in [1.82, 2.24) is 0 Å². The maximum absolute atomic E-state index is 5.61. The fourth-order valence-electron chi connectivity index (χ4n) is 2.11. The van der Waals surface area contributed by atoms with Crippen LogP contribution >= 0.6 is 44.3 Å². The molecule has 2 aromatic rings. The first kappa shape index (κ1) is 18.5. The van der Waals surface area contributed by atoms with E-state index in [-0.39, 0.29) is 0 Å². The number of rotatable bonds is 0. The Hall–Kier alpha value is -0.320. The van der Waals surface area contributed by atoms with Gasteiger partial charge in [0.15, 0.2) is 0 Å². The van der Waals surface area contributed by atoms with E-state index >= 15 is 0 Å². The van der Waals surface area contributed by atoms with Crippen LogP contribution in [0.4, 0.5) is 0 Å². The summed E-state index contributed by atoms with van der Waals surface area (Å²) in [7, 11) is 0. The van der Waals surface area contributed by atoms with Crippen LogP contribution in [0.25, 0.3) is 0 Å². The van der Waals surface area contributed by atoms with E-state index in [1.807, 2.05) is 48.5 Å². The summed E-state index contributed by atoms with van der Waals surface area (Å²) in [4.78, 5) is 0. The van der Waals surface area contributed by atoms with Gasteiger partial charge in [-0.15, -0.1) is 0 Å². The molecule has 8 heteroatoms. The summed E-state index contributed by atoms with van der Waals surface area (Å²) in [6.07, 6.45) is 0. The van der Waals surface area contributed by atoms with Gasteiger partial charge in [-0.2, -0.15) is 0 Å². The van der Waals surface area contributed by atoms with E-state index in [1.165, 1.54) is 44.3 Å². The average molecular weight is 401 g/mol. The molecule has 0 aromatic heterocycles. The van der Waals surface area contributed by atoms with E-state index in [2.05, 4.69) is 0 Å². The van der Waals surface area contributed by atoms with Crippen LogP contribution in [0, 0.1) is 0 Å². The molecule has 0 spiro atoms. The lowest BCUT2D eigenvalue weighted by molar-refractivity contribution is 0.332. The fourth-order valence-corrected chi connectivity index (χ4v) is 4.01. The summed E-state index contributed by atoms with van der Waals surface area (Å²) in [5, 5.41) is 0. The van der Waals surface area contributed by atoms with E-state index in [9.17, 15) is 0 Å². The first-order valence-electron chi connectivity index (χ1n) is 7.22. The SMILES string of the molecule is c1ccc2c(c1)COSSOCc1ccccc1COSSOC2. The van der Waals surface area contributed by atoms with Crippen molar-refractivity contribution in [1.29, 1.82) is 0 Å². The number of benzene rings is 2. The third-order valence-electron chi connectivity index (χ3n) is 3.34. The Balaban J connectivity index is 1.61. The molecule has 128 valence electrons. The maximum Gasteiger partial charge on any atom is 0.0928 e. The van der Waals surface area contributed by atoms with Gasteiger partial charge in [-0.05, 0) is 22.3 Å². The molecule has 0 amide bonds. The van der Waals surface area contributed by atoms with Crippen LogP contribution < -0.4 is 0 Å². The molecule has 2 aromatic carbocycles. The van der Waals surface area contributed by atoms with Crippen LogP contribution in [-0.4, -0.2) is 0 Å². The van der Waals surface area contributed by atoms with Crippen LogP contribution in [0.5, 0.6) is 0 Å². The monoisotopic (exact) mass is 400 g/mol. The van der Waals surface area contributed by atoms with Crippen molar-refractivity contribution in [2.75, 3.05) is 0 Å². The molecule has 0 fully saturated rings. The Morgan fingerprint density at radius 2 is 0.708 bits per heavy atom. The minimum atomic E-state index is 0.505. The molecule has 1 aliphatic heterocycles. The molecule has 0 N–H and O–H groups in total. The molecule has 0 saturated heterocycles. The second-order valence-electron chi connectivity index (χ2n) is 4.86. The van der Waals surface area contributed by atoms with Crippen molar-refractivity contribution in [3.8, 4) is 0 Å². The van der Waals surface area contributed by atoms with Gasteiger partial charge in [0.05, 0.1) is 70.7 Å². The van der Waals surface area contributed by atoms with Crippen molar-refractivity contribution >= 4 is 44.3 Å². The molecule has 0 unspecified atom stereocenters. The molecule has 0 bridgehead atoms. The molecule has 4 nitrogen and oxygen atoms in total. The molecule has 24 heavy (non-hydrogen) atoms. The van der Waals surface area contributed by atoms with Gasteiger partial charge in [0.25, 0.3) is 0 Å². The van der Waals surface area contributed by atoms with Gasteiger partial charge in [0, 0.05) is 0 Å². The van der Waals surface area contributed by atoms with Crippen LogP contribution in [0.2, 0.25) is 0 Å². The third kappa shape index (κ3) is 5.89. The lowest BCUT2D eigenvalue weighted by Crippen LogP contribution is -1.97. The lowest BCUT2D eigenvalue weighted by Gasteiger charge is -2.11. The van der Waals surface area contributed by atoms with E-state index in [4.69, 9.17) is 16.7 Å². The van der Waals surface area contributed by atoms with Crippen LogP contribution in [0.1, 0.15) is 22.3 Å². The van der Waals surface area contributed by atoms with Crippen molar-refractivity contribution in [2.45, 2.75) is 26.4 Å². The summed E-state index contributed by atoms with van der Waals surface area (Å²) in [6.45, 7) is 2.02. The third-order valence-corrected chi connectivity index (χ3v) is 5.80. The van der Waals surface area contributed by atoms with Crippen molar-refractivity contribution in [2.24, 2.45) is 0 Å². The quantitative estimate of drug-likeness (QED) is 0.400. The van der Waals surface area contributed by atoms with Crippen molar-refractivity contribution in [3.63, 3.8) is 0 Å². The zero-order valence-electron chi connectivity index (χ0n) is 12.7. The standard InChI is InChI=1S/C16H16O4S4/c1-2-6-14-10-18-22-24-20-12-16-8-4-3-7-15(16)11-19-23-21-17-9-13(14)5-1/h1-8H,9-12H2. The Kier molecular flexibility index (Phi) is 8.17. The predicted molar refractivity (Wildman–Crippen MR) is 102 cm³/mol. The lowest BCUT2D eigenvalue weighted by atomic mass is 10.1. The summed E-state index contributed by atoms with van der Waals surface area (Å²) in [5.41, 5.74) is 4.42. The van der Waals surface area contributed by atoms with E-state index in [0.29, 0.717) is 26.4 Å². The summed E-state index contributed by atoms with van der Waals surface area (Å²) in [5.74, 6) is 0. The Morgan fingerprint density at radius 1 is 0.458 bits per heavy atom. The average Bonchev–Trinajstić information content (AvgIpc) is 2.62. The predicted octanol–water partition coefficient (Wildman–Crippen LogP) is 5.89. The second-order valence-corrected chi connectivity index (χ2v) is 7.98. The molecule has 1 heterocycles. The Bertz CT molecular complexity index is 531. The number of fused-ring (bicyclic) bond motifs is 2. The second kappa shape index (κ2) is 10.6. The Labute approximate surface area is 158 Å². The highest BCUT2D eigenvalue weighted by Gasteiger charge is 2.07. The van der Waals surface area contributed by atoms with Gasteiger partial charge >= 0.3 is 0 Å².